The summed E-state index contributed by atoms with van der Waals surface area (Å²) >= 11 is 0. The lowest BCUT2D eigenvalue weighted by Crippen LogP contribution is -2.41. The van der Waals surface area contributed by atoms with Crippen LogP contribution >= 0.6 is 0 Å². The van der Waals surface area contributed by atoms with Crippen LogP contribution in [0.15, 0.2) is 54.6 Å². The quantitative estimate of drug-likeness (QED) is 0.741. The SMILES string of the molecule is CN(CCC(C(=O)O)(c1ccc(C(F)(F)F)cc1)C1CC1)c1ccccc1. The Morgan fingerprint density at radius 3 is 2.07 bits per heavy atom. The van der Waals surface area contributed by atoms with E-state index in [-0.39, 0.29) is 5.92 Å². The zero-order valence-corrected chi connectivity index (χ0v) is 15.0. The summed E-state index contributed by atoms with van der Waals surface area (Å²) < 4.78 is 38.6. The van der Waals surface area contributed by atoms with Crippen molar-refractivity contribution in [2.75, 3.05) is 18.5 Å². The largest absolute Gasteiger partial charge is 0.481 e. The van der Waals surface area contributed by atoms with Gasteiger partial charge in [0.05, 0.1) is 11.0 Å². The predicted molar refractivity (Wildman–Crippen MR) is 97.8 cm³/mol. The number of aliphatic carboxylic acids is 1. The van der Waals surface area contributed by atoms with Crippen LogP contribution in [0.25, 0.3) is 0 Å². The number of halogens is 3. The average Bonchev–Trinajstić information content (AvgIpc) is 3.48. The van der Waals surface area contributed by atoms with E-state index in [1.54, 1.807) is 0 Å². The first kappa shape index (κ1) is 19.3. The minimum absolute atomic E-state index is 0.0455. The number of hydrogen-bond acceptors (Lipinski definition) is 2. The van der Waals surface area contributed by atoms with Gasteiger partial charge in [-0.15, -0.1) is 0 Å². The molecular weight excluding hydrogens is 355 g/mol. The van der Waals surface area contributed by atoms with Crippen molar-refractivity contribution in [1.82, 2.24) is 0 Å². The minimum atomic E-state index is -4.43. The molecular formula is C21H22F3NO2. The molecule has 0 heterocycles. The van der Waals surface area contributed by atoms with Gasteiger partial charge in [0.25, 0.3) is 0 Å². The van der Waals surface area contributed by atoms with Gasteiger partial charge in [-0.3, -0.25) is 4.79 Å². The summed E-state index contributed by atoms with van der Waals surface area (Å²) in [5.74, 6) is -1.01. The molecule has 3 nitrogen and oxygen atoms in total. The highest BCUT2D eigenvalue weighted by Crippen LogP contribution is 2.50. The third kappa shape index (κ3) is 3.94. The Balaban J connectivity index is 1.88. The molecule has 144 valence electrons. The first-order valence-electron chi connectivity index (χ1n) is 8.92. The fourth-order valence-corrected chi connectivity index (χ4v) is 3.68. The summed E-state index contributed by atoms with van der Waals surface area (Å²) in [5.41, 5.74) is -0.498. The van der Waals surface area contributed by atoms with Crippen molar-refractivity contribution < 1.29 is 23.1 Å². The molecule has 1 atom stereocenters. The van der Waals surface area contributed by atoms with Gasteiger partial charge in [0.15, 0.2) is 0 Å². The van der Waals surface area contributed by atoms with Crippen molar-refractivity contribution in [3.05, 3.63) is 65.7 Å². The van der Waals surface area contributed by atoms with Gasteiger partial charge in [-0.2, -0.15) is 13.2 Å². The minimum Gasteiger partial charge on any atom is -0.481 e. The van der Waals surface area contributed by atoms with Gasteiger partial charge in [-0.05, 0) is 55.0 Å². The van der Waals surface area contributed by atoms with Gasteiger partial charge < -0.3 is 10.0 Å². The van der Waals surface area contributed by atoms with E-state index < -0.39 is 23.1 Å². The number of alkyl halides is 3. The third-order valence-electron chi connectivity index (χ3n) is 5.42. The zero-order chi connectivity index (χ0) is 19.7. The van der Waals surface area contributed by atoms with Gasteiger partial charge in [0, 0.05) is 19.3 Å². The maximum absolute atomic E-state index is 12.9. The van der Waals surface area contributed by atoms with Crippen molar-refractivity contribution in [2.45, 2.75) is 30.9 Å². The van der Waals surface area contributed by atoms with E-state index in [4.69, 9.17) is 0 Å². The molecule has 0 aromatic heterocycles. The second-order valence-corrected chi connectivity index (χ2v) is 7.13. The Bertz CT molecular complexity index is 785. The maximum atomic E-state index is 12.9. The number of para-hydroxylation sites is 1. The molecule has 1 saturated carbocycles. The summed E-state index contributed by atoms with van der Waals surface area (Å²) in [4.78, 5) is 14.3. The van der Waals surface area contributed by atoms with Crippen LogP contribution < -0.4 is 4.90 Å². The maximum Gasteiger partial charge on any atom is 0.416 e. The van der Waals surface area contributed by atoms with Crippen LogP contribution in [0.5, 0.6) is 0 Å². The number of anilines is 1. The van der Waals surface area contributed by atoms with Crippen LogP contribution in [0.3, 0.4) is 0 Å². The zero-order valence-electron chi connectivity index (χ0n) is 15.0. The smallest absolute Gasteiger partial charge is 0.416 e. The molecule has 0 radical (unpaired) electrons. The number of benzene rings is 2. The Kier molecular flexibility index (Phi) is 5.18. The van der Waals surface area contributed by atoms with Crippen molar-refractivity contribution in [2.24, 2.45) is 5.92 Å². The third-order valence-corrected chi connectivity index (χ3v) is 5.42. The van der Waals surface area contributed by atoms with E-state index in [1.165, 1.54) is 12.1 Å². The molecule has 1 N–H and O–H groups in total. The highest BCUT2D eigenvalue weighted by atomic mass is 19.4. The molecule has 1 unspecified atom stereocenters. The average molecular weight is 377 g/mol. The second-order valence-electron chi connectivity index (χ2n) is 7.13. The van der Waals surface area contributed by atoms with Gasteiger partial charge >= 0.3 is 12.1 Å². The lowest BCUT2D eigenvalue weighted by Gasteiger charge is -2.33. The Labute approximate surface area is 156 Å². The fraction of sp³-hybridized carbons (Fsp3) is 0.381. The first-order valence-corrected chi connectivity index (χ1v) is 8.92. The topological polar surface area (TPSA) is 40.5 Å². The number of carbonyl (C=O) groups is 1. The van der Waals surface area contributed by atoms with E-state index in [0.717, 1.165) is 30.7 Å². The molecule has 2 aromatic carbocycles. The highest BCUT2D eigenvalue weighted by Gasteiger charge is 2.52. The standard InChI is InChI=1S/C21H22F3NO2/c1-25(18-5-3-2-4-6-18)14-13-20(19(26)27,15-7-8-15)16-9-11-17(12-10-16)21(22,23)24/h2-6,9-12,15H,7-8,13-14H2,1H3,(H,26,27). The van der Waals surface area contributed by atoms with Gasteiger partial charge in [0.1, 0.15) is 0 Å². The molecule has 27 heavy (non-hydrogen) atoms. The van der Waals surface area contributed by atoms with E-state index in [0.29, 0.717) is 18.5 Å². The van der Waals surface area contributed by atoms with Crippen LogP contribution in [0.2, 0.25) is 0 Å². The molecule has 1 aliphatic carbocycles. The van der Waals surface area contributed by atoms with Crippen LogP contribution in [0.4, 0.5) is 18.9 Å². The molecule has 0 spiro atoms. The fourth-order valence-electron chi connectivity index (χ4n) is 3.68. The van der Waals surface area contributed by atoms with Crippen molar-refractivity contribution >= 4 is 11.7 Å². The Hall–Kier alpha value is -2.50. The molecule has 1 fully saturated rings. The van der Waals surface area contributed by atoms with Gasteiger partial charge in [-0.25, -0.2) is 0 Å². The Morgan fingerprint density at radius 2 is 1.59 bits per heavy atom. The number of hydrogen-bond donors (Lipinski definition) is 1. The second kappa shape index (κ2) is 7.25. The number of nitrogens with zero attached hydrogens (tertiary/aromatic N) is 1. The molecule has 0 amide bonds. The number of rotatable bonds is 7. The van der Waals surface area contributed by atoms with Gasteiger partial charge in [0.2, 0.25) is 0 Å². The predicted octanol–water partition coefficient (Wildman–Crippen LogP) is 4.96. The van der Waals surface area contributed by atoms with E-state index in [1.807, 2.05) is 42.3 Å². The molecule has 0 bridgehead atoms. The molecule has 0 saturated heterocycles. The van der Waals surface area contributed by atoms with Crippen LogP contribution in [0.1, 0.15) is 30.4 Å². The van der Waals surface area contributed by atoms with Crippen molar-refractivity contribution in [1.29, 1.82) is 0 Å². The monoisotopic (exact) mass is 377 g/mol. The van der Waals surface area contributed by atoms with Crippen LogP contribution in [0, 0.1) is 5.92 Å². The van der Waals surface area contributed by atoms with E-state index in [9.17, 15) is 23.1 Å². The number of carboxylic acid groups (broad SMARTS) is 1. The number of carboxylic acids is 1. The highest BCUT2D eigenvalue weighted by molar-refractivity contribution is 5.82. The van der Waals surface area contributed by atoms with Crippen molar-refractivity contribution in [3.63, 3.8) is 0 Å². The van der Waals surface area contributed by atoms with Crippen LogP contribution in [-0.4, -0.2) is 24.7 Å². The van der Waals surface area contributed by atoms with Crippen LogP contribution in [-0.2, 0) is 16.4 Å². The molecule has 2 aromatic rings. The van der Waals surface area contributed by atoms with E-state index in [2.05, 4.69) is 0 Å². The summed E-state index contributed by atoms with van der Waals surface area (Å²) in [6, 6.07) is 14.2. The lowest BCUT2D eigenvalue weighted by molar-refractivity contribution is -0.145. The molecule has 1 aliphatic rings. The van der Waals surface area contributed by atoms with E-state index >= 15 is 0 Å². The first-order chi connectivity index (χ1) is 12.7. The normalized spacial score (nSPS) is 16.6. The summed E-state index contributed by atoms with van der Waals surface area (Å²) in [6.45, 7) is 0.494. The molecule has 6 heteroatoms. The summed E-state index contributed by atoms with van der Waals surface area (Å²) in [6.07, 6.45) is -2.54. The molecule has 0 aliphatic heterocycles. The van der Waals surface area contributed by atoms with Crippen molar-refractivity contribution in [3.8, 4) is 0 Å². The summed E-state index contributed by atoms with van der Waals surface area (Å²) in [7, 11) is 1.89. The summed E-state index contributed by atoms with van der Waals surface area (Å²) in [5, 5.41) is 10.1. The van der Waals surface area contributed by atoms with Gasteiger partial charge in [-0.1, -0.05) is 30.3 Å². The Morgan fingerprint density at radius 1 is 1.04 bits per heavy atom. The molecule has 3 rings (SSSR count). The lowest BCUT2D eigenvalue weighted by atomic mass is 9.73.